The summed E-state index contributed by atoms with van der Waals surface area (Å²) in [6.07, 6.45) is 6.41. The standard InChI is InChI=1S/C17H25ClN2O3S/c1-23-16-8-7-14(18)13-17(16)24(21,22)20-11-9-19(10-12-20)15-5-3-2-4-6-15/h7-8,13,15H,2-6,9-12H2,1H3. The van der Waals surface area contributed by atoms with Crippen molar-refractivity contribution in [2.75, 3.05) is 33.3 Å². The van der Waals surface area contributed by atoms with Crippen molar-refractivity contribution in [2.24, 2.45) is 0 Å². The minimum absolute atomic E-state index is 0.156. The monoisotopic (exact) mass is 372 g/mol. The summed E-state index contributed by atoms with van der Waals surface area (Å²) in [4.78, 5) is 2.61. The number of rotatable bonds is 4. The van der Waals surface area contributed by atoms with Gasteiger partial charge in [-0.2, -0.15) is 4.31 Å². The highest BCUT2D eigenvalue weighted by atomic mass is 35.5. The average molecular weight is 373 g/mol. The first-order valence-corrected chi connectivity index (χ1v) is 10.4. The van der Waals surface area contributed by atoms with Gasteiger partial charge < -0.3 is 4.74 Å². The van der Waals surface area contributed by atoms with E-state index in [1.165, 1.54) is 45.3 Å². The number of methoxy groups -OCH3 is 1. The molecule has 5 nitrogen and oxygen atoms in total. The molecule has 1 aromatic rings. The van der Waals surface area contributed by atoms with Crippen LogP contribution < -0.4 is 4.74 Å². The number of sulfonamides is 1. The summed E-state index contributed by atoms with van der Waals surface area (Å²) < 4.78 is 32.7. The summed E-state index contributed by atoms with van der Waals surface area (Å²) in [5.74, 6) is 0.342. The maximum Gasteiger partial charge on any atom is 0.246 e. The third-order valence-corrected chi connectivity index (χ3v) is 7.26. The summed E-state index contributed by atoms with van der Waals surface area (Å²) in [5.41, 5.74) is 0. The van der Waals surface area contributed by atoms with Gasteiger partial charge in [-0.3, -0.25) is 4.90 Å². The van der Waals surface area contributed by atoms with Crippen LogP contribution in [0.2, 0.25) is 5.02 Å². The highest BCUT2D eigenvalue weighted by Crippen LogP contribution is 2.31. The van der Waals surface area contributed by atoms with E-state index >= 15 is 0 Å². The second kappa shape index (κ2) is 7.60. The largest absolute Gasteiger partial charge is 0.495 e. The molecule has 7 heteroatoms. The topological polar surface area (TPSA) is 49.9 Å². The summed E-state index contributed by atoms with van der Waals surface area (Å²) in [5, 5.41) is 0.398. The zero-order chi connectivity index (χ0) is 17.2. The van der Waals surface area contributed by atoms with E-state index in [0.717, 1.165) is 13.1 Å². The van der Waals surface area contributed by atoms with E-state index in [4.69, 9.17) is 16.3 Å². The van der Waals surface area contributed by atoms with Crippen LogP contribution in [0.1, 0.15) is 32.1 Å². The summed E-state index contributed by atoms with van der Waals surface area (Å²) in [6, 6.07) is 5.35. The van der Waals surface area contributed by atoms with Crippen molar-refractivity contribution < 1.29 is 13.2 Å². The Balaban J connectivity index is 1.72. The van der Waals surface area contributed by atoms with Crippen molar-refractivity contribution in [2.45, 2.75) is 43.0 Å². The van der Waals surface area contributed by atoms with Crippen LogP contribution in [0.5, 0.6) is 5.75 Å². The molecule has 1 saturated heterocycles. The smallest absolute Gasteiger partial charge is 0.246 e. The van der Waals surface area contributed by atoms with Gasteiger partial charge in [0, 0.05) is 37.2 Å². The van der Waals surface area contributed by atoms with E-state index in [1.54, 1.807) is 16.4 Å². The molecule has 0 atom stereocenters. The molecule has 1 aliphatic carbocycles. The first-order valence-electron chi connectivity index (χ1n) is 8.60. The molecule has 1 saturated carbocycles. The minimum atomic E-state index is -3.58. The van der Waals surface area contributed by atoms with Gasteiger partial charge in [0.1, 0.15) is 10.6 Å². The number of halogens is 1. The Bertz CT molecular complexity index is 666. The Morgan fingerprint density at radius 2 is 1.75 bits per heavy atom. The number of piperazine rings is 1. The molecule has 3 rings (SSSR count). The van der Waals surface area contributed by atoms with Gasteiger partial charge in [-0.1, -0.05) is 30.9 Å². The summed E-state index contributed by atoms with van der Waals surface area (Å²) >= 11 is 6.00. The fourth-order valence-electron chi connectivity index (χ4n) is 3.75. The first kappa shape index (κ1) is 18.0. The molecule has 2 fully saturated rings. The molecule has 1 aromatic carbocycles. The third kappa shape index (κ3) is 3.72. The fraction of sp³-hybridized carbons (Fsp3) is 0.647. The van der Waals surface area contributed by atoms with Crippen molar-refractivity contribution in [1.29, 1.82) is 0 Å². The van der Waals surface area contributed by atoms with E-state index in [1.807, 2.05) is 0 Å². The number of hydrogen-bond donors (Lipinski definition) is 0. The van der Waals surface area contributed by atoms with Gasteiger partial charge in [0.25, 0.3) is 0 Å². The lowest BCUT2D eigenvalue weighted by Crippen LogP contribution is -2.52. The molecule has 0 N–H and O–H groups in total. The second-order valence-corrected chi connectivity index (χ2v) is 8.87. The predicted octanol–water partition coefficient (Wildman–Crippen LogP) is 2.99. The van der Waals surface area contributed by atoms with Crippen LogP contribution in [0.3, 0.4) is 0 Å². The third-order valence-electron chi connectivity index (χ3n) is 5.11. The highest BCUT2D eigenvalue weighted by molar-refractivity contribution is 7.89. The lowest BCUT2D eigenvalue weighted by atomic mass is 9.94. The van der Waals surface area contributed by atoms with Crippen LogP contribution in [0.4, 0.5) is 0 Å². The first-order chi connectivity index (χ1) is 11.5. The molecule has 2 aliphatic rings. The zero-order valence-electron chi connectivity index (χ0n) is 14.1. The summed E-state index contributed by atoms with van der Waals surface area (Å²) in [7, 11) is -2.11. The van der Waals surface area contributed by atoms with Crippen LogP contribution in [0.15, 0.2) is 23.1 Å². The van der Waals surface area contributed by atoms with Gasteiger partial charge in [0.15, 0.2) is 0 Å². The lowest BCUT2D eigenvalue weighted by molar-refractivity contribution is 0.111. The van der Waals surface area contributed by atoms with E-state index < -0.39 is 10.0 Å². The molecule has 0 radical (unpaired) electrons. The lowest BCUT2D eigenvalue weighted by Gasteiger charge is -2.40. The number of benzene rings is 1. The number of nitrogens with zero attached hydrogens (tertiary/aromatic N) is 2. The van der Waals surface area contributed by atoms with Gasteiger partial charge in [-0.15, -0.1) is 0 Å². The Morgan fingerprint density at radius 3 is 2.38 bits per heavy atom. The van der Waals surface area contributed by atoms with Gasteiger partial charge in [-0.25, -0.2) is 8.42 Å². The molecule has 0 spiro atoms. The van der Waals surface area contributed by atoms with Crippen molar-refractivity contribution >= 4 is 21.6 Å². The molecule has 1 heterocycles. The van der Waals surface area contributed by atoms with Gasteiger partial charge in [0.2, 0.25) is 10.0 Å². The molecule has 0 aromatic heterocycles. The molecule has 134 valence electrons. The molecule has 0 bridgehead atoms. The Labute approximate surface area is 149 Å². The average Bonchev–Trinajstić information content (AvgIpc) is 2.62. The zero-order valence-corrected chi connectivity index (χ0v) is 15.7. The van der Waals surface area contributed by atoms with E-state index in [-0.39, 0.29) is 4.90 Å². The molecule has 1 aliphatic heterocycles. The van der Waals surface area contributed by atoms with Crippen molar-refractivity contribution in [3.05, 3.63) is 23.2 Å². The van der Waals surface area contributed by atoms with Crippen molar-refractivity contribution in [3.63, 3.8) is 0 Å². The molecule has 24 heavy (non-hydrogen) atoms. The maximum absolute atomic E-state index is 13.0. The van der Waals surface area contributed by atoms with Crippen LogP contribution in [0, 0.1) is 0 Å². The van der Waals surface area contributed by atoms with E-state index in [0.29, 0.717) is 29.9 Å². The van der Waals surface area contributed by atoms with Crippen molar-refractivity contribution in [1.82, 2.24) is 9.21 Å². The van der Waals surface area contributed by atoms with Crippen LogP contribution in [-0.4, -0.2) is 57.0 Å². The minimum Gasteiger partial charge on any atom is -0.495 e. The quantitative estimate of drug-likeness (QED) is 0.815. The van der Waals surface area contributed by atoms with Gasteiger partial charge in [0.05, 0.1) is 7.11 Å². The Hall–Kier alpha value is -0.820. The van der Waals surface area contributed by atoms with E-state index in [9.17, 15) is 8.42 Å². The predicted molar refractivity (Wildman–Crippen MR) is 95.2 cm³/mol. The van der Waals surface area contributed by atoms with Gasteiger partial charge in [-0.05, 0) is 31.0 Å². The molecular formula is C17H25ClN2O3S. The SMILES string of the molecule is COc1ccc(Cl)cc1S(=O)(=O)N1CCN(C2CCCCC2)CC1. The molecule has 0 amide bonds. The number of hydrogen-bond acceptors (Lipinski definition) is 4. The van der Waals surface area contributed by atoms with Crippen LogP contribution >= 0.6 is 11.6 Å². The molecule has 0 unspecified atom stereocenters. The summed E-state index contributed by atoms with van der Waals surface area (Å²) in [6.45, 7) is 2.64. The fourth-order valence-corrected chi connectivity index (χ4v) is 5.59. The Kier molecular flexibility index (Phi) is 5.70. The molecular weight excluding hydrogens is 348 g/mol. The normalized spacial score (nSPS) is 21.8. The second-order valence-electron chi connectivity index (χ2n) is 6.53. The maximum atomic E-state index is 13.0. The highest BCUT2D eigenvalue weighted by Gasteiger charge is 2.33. The Morgan fingerprint density at radius 1 is 1.08 bits per heavy atom. The number of ether oxygens (including phenoxy) is 1. The van der Waals surface area contributed by atoms with Gasteiger partial charge >= 0.3 is 0 Å². The van der Waals surface area contributed by atoms with Crippen LogP contribution in [-0.2, 0) is 10.0 Å². The van der Waals surface area contributed by atoms with E-state index in [2.05, 4.69) is 4.90 Å². The van der Waals surface area contributed by atoms with Crippen molar-refractivity contribution in [3.8, 4) is 5.75 Å². The van der Waals surface area contributed by atoms with Crippen LogP contribution in [0.25, 0.3) is 0 Å².